The number of nitrogens with one attached hydrogen (secondary N) is 1. The van der Waals surface area contributed by atoms with Gasteiger partial charge in [-0.2, -0.15) is 5.10 Å². The number of rotatable bonds is 34. The number of benzene rings is 2. The van der Waals surface area contributed by atoms with Crippen molar-refractivity contribution in [2.45, 2.75) is 186 Å². The maximum atomic E-state index is 6.54. The lowest BCUT2D eigenvalue weighted by Gasteiger charge is -2.17. The van der Waals surface area contributed by atoms with Crippen molar-refractivity contribution >= 4 is 0 Å². The van der Waals surface area contributed by atoms with E-state index in [2.05, 4.69) is 131 Å². The maximum absolute atomic E-state index is 6.54. The first kappa shape index (κ1) is 52.2. The molecule has 0 saturated heterocycles. The topological polar surface area (TPSA) is 65.6 Å². The van der Waals surface area contributed by atoms with Gasteiger partial charge in [0.1, 0.15) is 0 Å². The van der Waals surface area contributed by atoms with Crippen molar-refractivity contribution < 1.29 is 18.9 Å². The van der Waals surface area contributed by atoms with E-state index in [-0.39, 0.29) is 0 Å². The van der Waals surface area contributed by atoms with Gasteiger partial charge in [-0.05, 0) is 115 Å². The number of nitrogens with zero attached hydrogens (tertiary/aromatic N) is 1. The molecule has 3 aromatic rings. The summed E-state index contributed by atoms with van der Waals surface area (Å²) in [6.07, 6.45) is 19.4. The van der Waals surface area contributed by atoms with E-state index in [1.807, 2.05) is 0 Å². The van der Waals surface area contributed by atoms with E-state index in [1.54, 1.807) is 0 Å². The van der Waals surface area contributed by atoms with Crippen LogP contribution < -0.4 is 18.9 Å². The highest BCUT2D eigenvalue weighted by Crippen LogP contribution is 2.37. The predicted octanol–water partition coefficient (Wildman–Crippen LogP) is 16.7. The average Bonchev–Trinajstić information content (AvgIpc) is 3.69. The fraction of sp³-hybridized carbons (Fsp3) is 0.727. The predicted molar refractivity (Wildman–Crippen MR) is 261 cm³/mol. The molecule has 2 aromatic carbocycles. The van der Waals surface area contributed by atoms with E-state index < -0.39 is 0 Å². The lowest BCUT2D eigenvalue weighted by molar-refractivity contribution is 0.237. The van der Waals surface area contributed by atoms with E-state index >= 15 is 0 Å². The van der Waals surface area contributed by atoms with Gasteiger partial charge in [0.05, 0.1) is 37.8 Å². The van der Waals surface area contributed by atoms with E-state index in [0.717, 1.165) is 94.9 Å². The SMILES string of the molecule is CC(C)CCC[C@H](C)CCOc1ccc(-c2cc(-c3ccc(OCC[C@@H](C)CCCC(C)C)c(OCC[C@@H](C)CCCC(C)C)c3)[nH]n2)cc1OCC[C@@H](C)CCCC(C)C. The molecular weight excluding hydrogens is 753 g/mol. The maximum Gasteiger partial charge on any atom is 0.161 e. The van der Waals surface area contributed by atoms with Crippen LogP contribution in [0.1, 0.15) is 186 Å². The smallest absolute Gasteiger partial charge is 0.161 e. The van der Waals surface area contributed by atoms with Crippen LogP contribution in [-0.2, 0) is 0 Å². The van der Waals surface area contributed by atoms with Crippen LogP contribution in [0.4, 0.5) is 0 Å². The quantitative estimate of drug-likeness (QED) is 0.0649. The summed E-state index contributed by atoms with van der Waals surface area (Å²) >= 11 is 0. The Balaban J connectivity index is 1.76. The van der Waals surface area contributed by atoms with Crippen molar-refractivity contribution in [3.05, 3.63) is 42.5 Å². The molecule has 6 heteroatoms. The third-order valence-corrected chi connectivity index (χ3v) is 12.5. The van der Waals surface area contributed by atoms with Gasteiger partial charge in [-0.15, -0.1) is 0 Å². The van der Waals surface area contributed by atoms with Crippen molar-refractivity contribution in [1.29, 1.82) is 0 Å². The zero-order valence-electron chi connectivity index (χ0n) is 41.4. The number of aromatic nitrogens is 2. The third kappa shape index (κ3) is 22.2. The molecule has 0 aliphatic rings. The van der Waals surface area contributed by atoms with E-state index in [4.69, 9.17) is 24.0 Å². The van der Waals surface area contributed by atoms with Gasteiger partial charge in [0.25, 0.3) is 0 Å². The van der Waals surface area contributed by atoms with E-state index in [9.17, 15) is 0 Å². The number of aromatic amines is 1. The molecule has 0 aliphatic heterocycles. The van der Waals surface area contributed by atoms with Gasteiger partial charge in [-0.1, -0.05) is 160 Å². The standard InChI is InChI=1S/C55H92N2O4/c1-40(2)17-13-21-44(9)29-33-58-52-27-25-48(37-54(52)60-35-31-46(11)23-15-19-42(5)6)50-39-51(57-56-50)49-26-28-53(59-34-30-45(10)22-14-18-41(3)4)55(38-49)61-36-32-47(12)24-16-20-43(7)8/h25-28,37-47H,13-24,29-36H2,1-12H3,(H,56,57)/t44-,45-,46-,47-/m0/s1. The second-order valence-corrected chi connectivity index (χ2v) is 20.8. The van der Waals surface area contributed by atoms with Crippen molar-refractivity contribution in [3.63, 3.8) is 0 Å². The molecule has 1 heterocycles. The highest BCUT2D eigenvalue weighted by Gasteiger charge is 2.16. The first-order valence-electron chi connectivity index (χ1n) is 25.0. The molecule has 0 amide bonds. The second kappa shape index (κ2) is 29.3. The van der Waals surface area contributed by atoms with Crippen LogP contribution in [-0.4, -0.2) is 36.6 Å². The van der Waals surface area contributed by atoms with Crippen LogP contribution in [0.15, 0.2) is 42.5 Å². The zero-order valence-corrected chi connectivity index (χ0v) is 41.4. The summed E-state index contributed by atoms with van der Waals surface area (Å²) in [4.78, 5) is 0. The highest BCUT2D eigenvalue weighted by molar-refractivity contribution is 5.71. The van der Waals surface area contributed by atoms with Crippen molar-refractivity contribution in [3.8, 4) is 45.5 Å². The van der Waals surface area contributed by atoms with Gasteiger partial charge in [-0.25, -0.2) is 0 Å². The minimum Gasteiger partial charge on any atom is -0.490 e. The van der Waals surface area contributed by atoms with E-state index in [1.165, 1.54) is 77.0 Å². The van der Waals surface area contributed by atoms with Crippen LogP contribution >= 0.6 is 0 Å². The number of ether oxygens (including phenoxy) is 4. The first-order chi connectivity index (χ1) is 29.2. The molecule has 0 unspecified atom stereocenters. The molecule has 4 atom stereocenters. The molecular formula is C55H92N2O4. The summed E-state index contributed by atoms with van der Waals surface area (Å²) in [7, 11) is 0. The molecule has 1 aromatic heterocycles. The summed E-state index contributed by atoms with van der Waals surface area (Å²) in [5, 5.41) is 8.14. The Kier molecular flexibility index (Phi) is 25.0. The Hall–Kier alpha value is -3.15. The molecule has 0 aliphatic carbocycles. The Morgan fingerprint density at radius 3 is 1.07 bits per heavy atom. The lowest BCUT2D eigenvalue weighted by atomic mass is 9.97. The van der Waals surface area contributed by atoms with Crippen LogP contribution in [0, 0.1) is 47.3 Å². The van der Waals surface area contributed by atoms with Gasteiger partial charge in [0.2, 0.25) is 0 Å². The minimum absolute atomic E-state index is 0.624. The zero-order chi connectivity index (χ0) is 44.6. The molecule has 0 saturated carbocycles. The van der Waals surface area contributed by atoms with Gasteiger partial charge < -0.3 is 18.9 Å². The third-order valence-electron chi connectivity index (χ3n) is 12.5. The molecule has 0 bridgehead atoms. The molecule has 0 spiro atoms. The van der Waals surface area contributed by atoms with Crippen LogP contribution in [0.25, 0.3) is 22.5 Å². The molecule has 3 rings (SSSR count). The first-order valence-corrected chi connectivity index (χ1v) is 25.0. The van der Waals surface area contributed by atoms with Gasteiger partial charge in [0, 0.05) is 11.1 Å². The van der Waals surface area contributed by atoms with Crippen LogP contribution in [0.2, 0.25) is 0 Å². The molecule has 61 heavy (non-hydrogen) atoms. The summed E-state index contributed by atoms with van der Waals surface area (Å²) in [5.74, 6) is 8.81. The Morgan fingerprint density at radius 1 is 0.377 bits per heavy atom. The summed E-state index contributed by atoms with van der Waals surface area (Å²) in [6, 6.07) is 14.8. The molecule has 0 radical (unpaired) electrons. The van der Waals surface area contributed by atoms with E-state index in [0.29, 0.717) is 50.1 Å². The van der Waals surface area contributed by atoms with Crippen LogP contribution in [0.5, 0.6) is 23.0 Å². The van der Waals surface area contributed by atoms with Crippen LogP contribution in [0.3, 0.4) is 0 Å². The molecule has 346 valence electrons. The number of hydrogen-bond acceptors (Lipinski definition) is 5. The molecule has 0 fully saturated rings. The largest absolute Gasteiger partial charge is 0.490 e. The Morgan fingerprint density at radius 2 is 0.705 bits per heavy atom. The number of H-pyrrole nitrogens is 1. The fourth-order valence-electron chi connectivity index (χ4n) is 7.98. The monoisotopic (exact) mass is 845 g/mol. The van der Waals surface area contributed by atoms with Gasteiger partial charge in [-0.3, -0.25) is 5.10 Å². The highest BCUT2D eigenvalue weighted by atomic mass is 16.5. The van der Waals surface area contributed by atoms with Gasteiger partial charge in [0.15, 0.2) is 23.0 Å². The average molecular weight is 845 g/mol. The Labute approximate surface area is 375 Å². The second-order valence-electron chi connectivity index (χ2n) is 20.8. The minimum atomic E-state index is 0.624. The summed E-state index contributed by atoms with van der Waals surface area (Å²) in [5.41, 5.74) is 3.84. The van der Waals surface area contributed by atoms with Gasteiger partial charge >= 0.3 is 0 Å². The Bertz CT molecular complexity index is 1460. The molecule has 1 N–H and O–H groups in total. The van der Waals surface area contributed by atoms with Crippen molar-refractivity contribution in [2.24, 2.45) is 47.3 Å². The normalized spacial score (nSPS) is 13.9. The summed E-state index contributed by atoms with van der Waals surface area (Å²) < 4.78 is 25.9. The van der Waals surface area contributed by atoms with Crippen molar-refractivity contribution in [2.75, 3.05) is 26.4 Å². The fourth-order valence-corrected chi connectivity index (χ4v) is 7.98. The number of hydrogen-bond donors (Lipinski definition) is 1. The molecule has 6 nitrogen and oxygen atoms in total. The van der Waals surface area contributed by atoms with Crippen molar-refractivity contribution in [1.82, 2.24) is 10.2 Å². The lowest BCUT2D eigenvalue weighted by Crippen LogP contribution is -2.08. The summed E-state index contributed by atoms with van der Waals surface area (Å²) in [6.45, 7) is 30.6.